The summed E-state index contributed by atoms with van der Waals surface area (Å²) in [5, 5.41) is 11.9. The van der Waals surface area contributed by atoms with E-state index in [9.17, 15) is 19.5 Å². The van der Waals surface area contributed by atoms with Crippen LogP contribution in [0.2, 0.25) is 0 Å². The Morgan fingerprint density at radius 3 is 1.55 bits per heavy atom. The van der Waals surface area contributed by atoms with Gasteiger partial charge in [0, 0.05) is 12.8 Å². The van der Waals surface area contributed by atoms with Crippen LogP contribution in [0.3, 0.4) is 0 Å². The topological polar surface area (TPSA) is 119 Å². The van der Waals surface area contributed by atoms with E-state index in [0.717, 1.165) is 109 Å². The molecular weight excluding hydrogens is 697 g/mol. The van der Waals surface area contributed by atoms with Crippen LogP contribution in [-0.2, 0) is 19.1 Å². The van der Waals surface area contributed by atoms with Gasteiger partial charge in [-0.3, -0.25) is 9.59 Å². The first-order valence-electron chi connectivity index (χ1n) is 22.1. The molecule has 0 aromatic rings. The van der Waals surface area contributed by atoms with E-state index in [-0.39, 0.29) is 18.0 Å². The van der Waals surface area contributed by atoms with Crippen LogP contribution in [-0.4, -0.2) is 41.6 Å². The molecule has 7 nitrogen and oxygen atoms in total. The van der Waals surface area contributed by atoms with Crippen LogP contribution in [0.1, 0.15) is 174 Å². The van der Waals surface area contributed by atoms with Crippen LogP contribution in [0.15, 0.2) is 97.2 Å². The lowest BCUT2D eigenvalue weighted by atomic mass is 10.0. The predicted molar refractivity (Wildman–Crippen MR) is 238 cm³/mol. The normalized spacial score (nSPS) is 13.6. The van der Waals surface area contributed by atoms with E-state index >= 15 is 0 Å². The van der Waals surface area contributed by atoms with Gasteiger partial charge in [0.05, 0.1) is 0 Å². The lowest BCUT2D eigenvalue weighted by molar-refractivity contribution is -0.149. The van der Waals surface area contributed by atoms with E-state index in [1.165, 1.54) is 19.3 Å². The van der Waals surface area contributed by atoms with Crippen molar-refractivity contribution in [2.75, 3.05) is 6.54 Å². The average molecular weight is 777 g/mol. The van der Waals surface area contributed by atoms with E-state index in [0.29, 0.717) is 38.6 Å². The molecule has 0 saturated carbocycles. The zero-order valence-electron chi connectivity index (χ0n) is 35.4. The van der Waals surface area contributed by atoms with Gasteiger partial charge in [0.1, 0.15) is 12.1 Å². The fraction of sp³-hybridized carbons (Fsp3) is 0.612. The number of carbonyl (C=O) groups is 3. The Morgan fingerprint density at radius 2 is 1.02 bits per heavy atom. The summed E-state index contributed by atoms with van der Waals surface area (Å²) in [5.41, 5.74) is 5.48. The molecule has 0 fully saturated rings. The maximum absolute atomic E-state index is 12.8. The standard InChI is InChI=1S/C49H80N2O5/c1-3-5-7-9-11-13-15-16-17-18-19-20-21-22-24-26-28-33-37-43-48(53)56-45(39-34-30-27-25-23-14-12-10-8-6-4-2)40-35-31-29-32-36-42-47(52)51-46(49(54)55)41-38-44-50/h5,7,11-14,16-17,19-20,22,24-25,27-28,33,45-46H,3-4,6,8-10,15,18,21,23,26,29-32,34-44,50H2,1-2H3,(H,51,52)(H,54,55)/b7-5-,13-11-,14-12-,17-16-,20-19-,24-22-,27-25-,33-28-. The first-order chi connectivity index (χ1) is 27.4. The molecule has 0 rings (SSSR count). The van der Waals surface area contributed by atoms with Crippen LogP contribution in [0.5, 0.6) is 0 Å². The van der Waals surface area contributed by atoms with Crippen molar-refractivity contribution in [3.05, 3.63) is 97.2 Å². The van der Waals surface area contributed by atoms with Gasteiger partial charge in [-0.2, -0.15) is 0 Å². The Bertz CT molecular complexity index is 1190. The molecule has 0 bridgehead atoms. The molecule has 0 saturated heterocycles. The zero-order chi connectivity index (χ0) is 41.0. The Morgan fingerprint density at radius 1 is 0.536 bits per heavy atom. The second-order valence-corrected chi connectivity index (χ2v) is 14.4. The first-order valence-corrected chi connectivity index (χ1v) is 22.1. The van der Waals surface area contributed by atoms with E-state index in [1.54, 1.807) is 0 Å². The number of ether oxygens (including phenoxy) is 1. The Kier molecular flexibility index (Phi) is 39.6. The van der Waals surface area contributed by atoms with Gasteiger partial charge in [0.25, 0.3) is 0 Å². The summed E-state index contributed by atoms with van der Waals surface area (Å²) >= 11 is 0. The Balaban J connectivity index is 4.50. The van der Waals surface area contributed by atoms with Crippen LogP contribution in [0, 0.1) is 0 Å². The summed E-state index contributed by atoms with van der Waals surface area (Å²) in [6.07, 6.45) is 57.4. The number of carboxylic acid groups (broad SMARTS) is 1. The number of allylic oxidation sites excluding steroid dienone is 16. The maximum Gasteiger partial charge on any atom is 0.326 e. The predicted octanol–water partition coefficient (Wildman–Crippen LogP) is 12.7. The number of hydrogen-bond acceptors (Lipinski definition) is 5. The van der Waals surface area contributed by atoms with Gasteiger partial charge in [-0.25, -0.2) is 4.79 Å². The highest BCUT2D eigenvalue weighted by Gasteiger charge is 2.19. The first kappa shape index (κ1) is 52.3. The van der Waals surface area contributed by atoms with E-state index in [4.69, 9.17) is 10.5 Å². The molecule has 2 atom stereocenters. The van der Waals surface area contributed by atoms with Crippen molar-refractivity contribution in [1.82, 2.24) is 5.32 Å². The molecule has 0 spiro atoms. The van der Waals surface area contributed by atoms with Gasteiger partial charge < -0.3 is 20.9 Å². The Hall–Kier alpha value is -3.71. The summed E-state index contributed by atoms with van der Waals surface area (Å²) in [4.78, 5) is 36.3. The van der Waals surface area contributed by atoms with Crippen molar-refractivity contribution in [2.45, 2.75) is 187 Å². The quantitative estimate of drug-likeness (QED) is 0.0326. The van der Waals surface area contributed by atoms with Crippen LogP contribution >= 0.6 is 0 Å². The lowest BCUT2D eigenvalue weighted by Crippen LogP contribution is -2.40. The highest BCUT2D eigenvalue weighted by Crippen LogP contribution is 2.17. The van der Waals surface area contributed by atoms with Crippen LogP contribution in [0.4, 0.5) is 0 Å². The highest BCUT2D eigenvalue weighted by molar-refractivity contribution is 5.83. The van der Waals surface area contributed by atoms with Gasteiger partial charge in [-0.05, 0) is 122 Å². The minimum atomic E-state index is -1.02. The van der Waals surface area contributed by atoms with Crippen LogP contribution < -0.4 is 11.1 Å². The molecular formula is C49H80N2O5. The van der Waals surface area contributed by atoms with Gasteiger partial charge in [0.15, 0.2) is 0 Å². The van der Waals surface area contributed by atoms with Crippen molar-refractivity contribution in [2.24, 2.45) is 5.73 Å². The molecule has 56 heavy (non-hydrogen) atoms. The minimum absolute atomic E-state index is 0.0770. The molecule has 0 aliphatic rings. The Labute approximate surface area is 342 Å². The number of hydrogen-bond donors (Lipinski definition) is 3. The molecule has 0 aliphatic carbocycles. The third kappa shape index (κ3) is 38.6. The summed E-state index contributed by atoms with van der Waals surface area (Å²) in [7, 11) is 0. The van der Waals surface area contributed by atoms with Crippen molar-refractivity contribution in [1.29, 1.82) is 0 Å². The summed E-state index contributed by atoms with van der Waals surface area (Å²) < 4.78 is 5.97. The fourth-order valence-corrected chi connectivity index (χ4v) is 5.86. The number of amides is 1. The SMILES string of the molecule is CC/C=C\C/C=C\C/C=C\C/C=C\C/C=C\C/C=C\CCC(=O)OC(CCC/C=C\C/C=C\CCCCC)CCCCCCCC(=O)NC(CCCN)C(=O)O. The molecule has 0 aromatic heterocycles. The number of esters is 1. The average Bonchev–Trinajstić information content (AvgIpc) is 3.18. The second kappa shape index (κ2) is 42.4. The molecule has 0 radical (unpaired) electrons. The molecule has 7 heteroatoms. The van der Waals surface area contributed by atoms with Crippen LogP contribution in [0.25, 0.3) is 0 Å². The number of nitrogens with two attached hydrogens (primary N) is 1. The number of rotatable bonds is 38. The number of carbonyl (C=O) groups excluding carboxylic acids is 2. The molecule has 1 amide bonds. The number of unbranched alkanes of at least 4 members (excludes halogenated alkanes) is 8. The second-order valence-electron chi connectivity index (χ2n) is 14.4. The van der Waals surface area contributed by atoms with Gasteiger partial charge in [0.2, 0.25) is 5.91 Å². The third-order valence-electron chi connectivity index (χ3n) is 9.15. The fourth-order valence-electron chi connectivity index (χ4n) is 5.86. The number of aliphatic carboxylic acids is 1. The summed E-state index contributed by atoms with van der Waals surface area (Å²) in [5.74, 6) is -1.37. The molecule has 0 heterocycles. The van der Waals surface area contributed by atoms with E-state index in [1.807, 2.05) is 0 Å². The number of nitrogens with one attached hydrogen (secondary N) is 1. The van der Waals surface area contributed by atoms with Gasteiger partial charge >= 0.3 is 11.9 Å². The lowest BCUT2D eigenvalue weighted by Gasteiger charge is -2.18. The van der Waals surface area contributed by atoms with Gasteiger partial charge in [-0.1, -0.05) is 143 Å². The summed E-state index contributed by atoms with van der Waals surface area (Å²) in [6.45, 7) is 4.78. The molecule has 0 aliphatic heterocycles. The maximum atomic E-state index is 12.8. The highest BCUT2D eigenvalue weighted by atomic mass is 16.5. The monoisotopic (exact) mass is 777 g/mol. The molecule has 316 valence electrons. The van der Waals surface area contributed by atoms with Crippen molar-refractivity contribution < 1.29 is 24.2 Å². The van der Waals surface area contributed by atoms with Crippen molar-refractivity contribution >= 4 is 17.8 Å². The summed E-state index contributed by atoms with van der Waals surface area (Å²) in [6, 6.07) is -0.871. The minimum Gasteiger partial charge on any atom is -0.480 e. The largest absolute Gasteiger partial charge is 0.480 e. The molecule has 0 aromatic carbocycles. The zero-order valence-corrected chi connectivity index (χ0v) is 35.4. The van der Waals surface area contributed by atoms with Gasteiger partial charge in [-0.15, -0.1) is 0 Å². The van der Waals surface area contributed by atoms with E-state index < -0.39 is 12.0 Å². The molecule has 2 unspecified atom stereocenters. The molecule has 4 N–H and O–H groups in total. The van der Waals surface area contributed by atoms with Crippen molar-refractivity contribution in [3.8, 4) is 0 Å². The van der Waals surface area contributed by atoms with Crippen molar-refractivity contribution in [3.63, 3.8) is 0 Å². The smallest absolute Gasteiger partial charge is 0.326 e. The number of carboxylic acids is 1. The third-order valence-corrected chi connectivity index (χ3v) is 9.15. The van der Waals surface area contributed by atoms with E-state index in [2.05, 4.69) is 116 Å².